The second kappa shape index (κ2) is 7.38. The van der Waals surface area contributed by atoms with Gasteiger partial charge in [-0.2, -0.15) is 0 Å². The summed E-state index contributed by atoms with van der Waals surface area (Å²) in [4.78, 5) is 11.3. The van der Waals surface area contributed by atoms with Crippen LogP contribution in [0.4, 0.5) is 0 Å². The Balaban J connectivity index is 1.45. The molecule has 0 amide bonds. The smallest absolute Gasteiger partial charge is 0.0795 e. The molecule has 124 valence electrons. The zero-order valence-electron chi connectivity index (χ0n) is 13.6. The van der Waals surface area contributed by atoms with Crippen LogP contribution < -0.4 is 0 Å². The van der Waals surface area contributed by atoms with E-state index in [0.29, 0.717) is 5.92 Å². The van der Waals surface area contributed by atoms with E-state index in [4.69, 9.17) is 4.74 Å². The number of hydrogen-bond donors (Lipinski definition) is 0. The zero-order chi connectivity index (χ0) is 16.2. The van der Waals surface area contributed by atoms with Crippen molar-refractivity contribution in [1.29, 1.82) is 0 Å². The SMILES string of the molecule is c1cnc2ccc(C[C@H]3COCCN(Cc4cscn4)C3)cc2c1. The summed E-state index contributed by atoms with van der Waals surface area (Å²) in [6.07, 6.45) is 2.88. The Morgan fingerprint density at radius 1 is 1.25 bits per heavy atom. The molecular formula is C19H21N3OS. The number of pyridine rings is 1. The number of rotatable bonds is 4. The molecule has 4 rings (SSSR count). The van der Waals surface area contributed by atoms with Crippen LogP contribution in [0.2, 0.25) is 0 Å². The average Bonchev–Trinajstić information content (AvgIpc) is 3.01. The first-order valence-electron chi connectivity index (χ1n) is 8.37. The van der Waals surface area contributed by atoms with E-state index in [-0.39, 0.29) is 0 Å². The number of fused-ring (bicyclic) bond motifs is 1. The summed E-state index contributed by atoms with van der Waals surface area (Å²) >= 11 is 1.66. The Kier molecular flexibility index (Phi) is 4.83. The Bertz CT molecular complexity index is 790. The van der Waals surface area contributed by atoms with Crippen molar-refractivity contribution in [3.8, 4) is 0 Å². The lowest BCUT2D eigenvalue weighted by atomic mass is 9.98. The van der Waals surface area contributed by atoms with Gasteiger partial charge in [-0.1, -0.05) is 12.1 Å². The molecule has 1 fully saturated rings. The summed E-state index contributed by atoms with van der Waals surface area (Å²) < 4.78 is 5.84. The minimum absolute atomic E-state index is 0.514. The molecular weight excluding hydrogens is 318 g/mol. The van der Waals surface area contributed by atoms with E-state index < -0.39 is 0 Å². The lowest BCUT2D eigenvalue weighted by Gasteiger charge is -2.22. The van der Waals surface area contributed by atoms with Crippen LogP contribution in [0.15, 0.2) is 47.4 Å². The van der Waals surface area contributed by atoms with Crippen LogP contribution >= 0.6 is 11.3 Å². The maximum absolute atomic E-state index is 5.84. The number of hydrogen-bond acceptors (Lipinski definition) is 5. The number of thiazole rings is 1. The van der Waals surface area contributed by atoms with Crippen LogP contribution in [0.3, 0.4) is 0 Å². The van der Waals surface area contributed by atoms with Crippen molar-refractivity contribution < 1.29 is 4.74 Å². The van der Waals surface area contributed by atoms with E-state index in [2.05, 4.69) is 44.5 Å². The van der Waals surface area contributed by atoms with E-state index in [9.17, 15) is 0 Å². The highest BCUT2D eigenvalue weighted by molar-refractivity contribution is 7.07. The molecule has 0 saturated carbocycles. The number of ether oxygens (including phenoxy) is 1. The Morgan fingerprint density at radius 2 is 2.25 bits per heavy atom. The largest absolute Gasteiger partial charge is 0.380 e. The second-order valence-electron chi connectivity index (χ2n) is 6.39. The van der Waals surface area contributed by atoms with Gasteiger partial charge in [-0.05, 0) is 36.1 Å². The molecule has 2 aromatic heterocycles. The summed E-state index contributed by atoms with van der Waals surface area (Å²) in [5.41, 5.74) is 5.49. The highest BCUT2D eigenvalue weighted by Crippen LogP contribution is 2.19. The van der Waals surface area contributed by atoms with Crippen LogP contribution in [-0.4, -0.2) is 41.2 Å². The predicted molar refractivity (Wildman–Crippen MR) is 97.1 cm³/mol. The average molecular weight is 339 g/mol. The fourth-order valence-corrected chi connectivity index (χ4v) is 3.90. The number of benzene rings is 1. The van der Waals surface area contributed by atoms with Crippen LogP contribution in [0.5, 0.6) is 0 Å². The van der Waals surface area contributed by atoms with Gasteiger partial charge in [0.25, 0.3) is 0 Å². The third kappa shape index (κ3) is 3.80. The third-order valence-electron chi connectivity index (χ3n) is 4.48. The van der Waals surface area contributed by atoms with E-state index in [1.54, 1.807) is 11.3 Å². The minimum atomic E-state index is 0.514. The van der Waals surface area contributed by atoms with Crippen molar-refractivity contribution in [2.45, 2.75) is 13.0 Å². The molecule has 1 saturated heterocycles. The molecule has 0 unspecified atom stereocenters. The van der Waals surface area contributed by atoms with Gasteiger partial charge in [-0.15, -0.1) is 11.3 Å². The summed E-state index contributed by atoms with van der Waals surface area (Å²) in [5, 5.41) is 3.35. The van der Waals surface area contributed by atoms with Crippen molar-refractivity contribution in [1.82, 2.24) is 14.9 Å². The summed E-state index contributed by atoms with van der Waals surface area (Å²) in [6, 6.07) is 10.7. The predicted octanol–water partition coefficient (Wildman–Crippen LogP) is 3.38. The highest BCUT2D eigenvalue weighted by Gasteiger charge is 2.19. The van der Waals surface area contributed by atoms with E-state index >= 15 is 0 Å². The molecule has 0 spiro atoms. The highest BCUT2D eigenvalue weighted by atomic mass is 32.1. The van der Waals surface area contributed by atoms with E-state index in [0.717, 1.165) is 50.5 Å². The summed E-state index contributed by atoms with van der Waals surface area (Å²) in [6.45, 7) is 4.60. The fourth-order valence-electron chi connectivity index (χ4n) is 3.35. The normalized spacial score (nSPS) is 19.4. The van der Waals surface area contributed by atoms with E-state index in [1.165, 1.54) is 10.9 Å². The van der Waals surface area contributed by atoms with Gasteiger partial charge in [-0.3, -0.25) is 9.88 Å². The number of aromatic nitrogens is 2. The van der Waals surface area contributed by atoms with Crippen molar-refractivity contribution >= 4 is 22.2 Å². The van der Waals surface area contributed by atoms with Crippen molar-refractivity contribution in [3.63, 3.8) is 0 Å². The van der Waals surface area contributed by atoms with Crippen molar-refractivity contribution in [2.24, 2.45) is 5.92 Å². The monoisotopic (exact) mass is 339 g/mol. The van der Waals surface area contributed by atoms with Gasteiger partial charge in [-0.25, -0.2) is 4.98 Å². The second-order valence-corrected chi connectivity index (χ2v) is 7.11. The van der Waals surface area contributed by atoms with Crippen LogP contribution in [-0.2, 0) is 17.7 Å². The molecule has 1 aliphatic rings. The molecule has 3 aromatic rings. The molecule has 0 bridgehead atoms. The maximum atomic E-state index is 5.84. The molecule has 1 atom stereocenters. The maximum Gasteiger partial charge on any atom is 0.0795 e. The molecule has 4 nitrogen and oxygen atoms in total. The summed E-state index contributed by atoms with van der Waals surface area (Å²) in [7, 11) is 0. The lowest BCUT2D eigenvalue weighted by molar-refractivity contribution is 0.121. The third-order valence-corrected chi connectivity index (χ3v) is 5.12. The standard InChI is InChI=1S/C19H21N3OS/c1-2-17-9-15(3-4-19(17)20-5-1)8-16-10-22(6-7-23-12-16)11-18-13-24-14-21-18/h1-5,9,13-14,16H,6-8,10-12H2/t16-/m1/s1. The molecule has 5 heteroatoms. The van der Waals surface area contributed by atoms with Gasteiger partial charge in [0.05, 0.1) is 29.9 Å². The van der Waals surface area contributed by atoms with Gasteiger partial charge in [0.15, 0.2) is 0 Å². The van der Waals surface area contributed by atoms with Crippen molar-refractivity contribution in [3.05, 3.63) is 58.7 Å². The summed E-state index contributed by atoms with van der Waals surface area (Å²) in [5.74, 6) is 0.514. The first-order valence-corrected chi connectivity index (χ1v) is 9.32. The molecule has 0 aliphatic carbocycles. The first-order chi connectivity index (χ1) is 11.9. The van der Waals surface area contributed by atoms with Gasteiger partial charge < -0.3 is 4.74 Å². The van der Waals surface area contributed by atoms with Crippen LogP contribution in [0.25, 0.3) is 10.9 Å². The fraction of sp³-hybridized carbons (Fsp3) is 0.368. The molecule has 0 radical (unpaired) electrons. The van der Waals surface area contributed by atoms with Crippen molar-refractivity contribution in [2.75, 3.05) is 26.3 Å². The van der Waals surface area contributed by atoms with Crippen LogP contribution in [0.1, 0.15) is 11.3 Å². The quantitative estimate of drug-likeness (QED) is 0.730. The first kappa shape index (κ1) is 15.7. The van der Waals surface area contributed by atoms with Crippen LogP contribution in [0, 0.1) is 5.92 Å². The number of nitrogens with zero attached hydrogens (tertiary/aromatic N) is 3. The molecule has 1 aromatic carbocycles. The zero-order valence-corrected chi connectivity index (χ0v) is 14.4. The van der Waals surface area contributed by atoms with Gasteiger partial charge in [0, 0.05) is 36.6 Å². The minimum Gasteiger partial charge on any atom is -0.380 e. The van der Waals surface area contributed by atoms with Gasteiger partial charge in [0.1, 0.15) is 0 Å². The Morgan fingerprint density at radius 3 is 3.17 bits per heavy atom. The Labute approximate surface area is 146 Å². The molecule has 24 heavy (non-hydrogen) atoms. The molecule has 1 aliphatic heterocycles. The van der Waals surface area contributed by atoms with Gasteiger partial charge >= 0.3 is 0 Å². The molecule has 0 N–H and O–H groups in total. The topological polar surface area (TPSA) is 38.2 Å². The van der Waals surface area contributed by atoms with E-state index in [1.807, 2.05) is 17.8 Å². The molecule has 3 heterocycles. The Hall–Kier alpha value is -1.82. The van der Waals surface area contributed by atoms with Gasteiger partial charge in [0.2, 0.25) is 0 Å². The lowest BCUT2D eigenvalue weighted by Crippen LogP contribution is -2.30.